The van der Waals surface area contributed by atoms with E-state index in [1.165, 1.54) is 23.9 Å². The van der Waals surface area contributed by atoms with E-state index in [1.54, 1.807) is 12.3 Å². The molecular formula is C14H17FN2OS. The van der Waals surface area contributed by atoms with Crippen molar-refractivity contribution in [1.82, 2.24) is 9.55 Å². The molecule has 1 atom stereocenters. The Kier molecular flexibility index (Phi) is 4.99. The molecule has 0 radical (unpaired) electrons. The number of nitrogens with zero attached hydrogens (tertiary/aromatic N) is 2. The highest BCUT2D eigenvalue weighted by molar-refractivity contribution is 7.99. The van der Waals surface area contributed by atoms with E-state index in [1.807, 2.05) is 23.8 Å². The number of imidazole rings is 1. The van der Waals surface area contributed by atoms with Gasteiger partial charge in [-0.1, -0.05) is 6.07 Å². The summed E-state index contributed by atoms with van der Waals surface area (Å²) < 4.78 is 15.0. The van der Waals surface area contributed by atoms with Gasteiger partial charge in [-0.05, 0) is 25.1 Å². The third kappa shape index (κ3) is 4.08. The Morgan fingerprint density at radius 2 is 2.32 bits per heavy atom. The van der Waals surface area contributed by atoms with Crippen molar-refractivity contribution < 1.29 is 9.50 Å². The zero-order valence-electron chi connectivity index (χ0n) is 10.8. The van der Waals surface area contributed by atoms with Crippen molar-refractivity contribution in [1.29, 1.82) is 0 Å². The summed E-state index contributed by atoms with van der Waals surface area (Å²) in [6.07, 6.45) is 3.68. The quantitative estimate of drug-likeness (QED) is 0.827. The minimum atomic E-state index is -0.485. The van der Waals surface area contributed by atoms with Crippen LogP contribution in [0.15, 0.2) is 41.6 Å². The topological polar surface area (TPSA) is 38.0 Å². The molecule has 1 aromatic carbocycles. The van der Waals surface area contributed by atoms with Crippen LogP contribution in [-0.4, -0.2) is 26.5 Å². The minimum absolute atomic E-state index is 0.249. The Balaban J connectivity index is 1.86. The van der Waals surface area contributed by atoms with Gasteiger partial charge in [-0.3, -0.25) is 0 Å². The summed E-state index contributed by atoms with van der Waals surface area (Å²) in [4.78, 5) is 5.06. The van der Waals surface area contributed by atoms with Gasteiger partial charge in [0.1, 0.15) is 11.6 Å². The zero-order valence-corrected chi connectivity index (χ0v) is 11.6. The standard InChI is InChI=1S/C14H17FN2OS/c1-2-17-7-6-16-14(17)9-12(18)10-19-13-5-3-4-11(15)8-13/h3-8,12,18H,2,9-10H2,1H3. The molecule has 0 saturated heterocycles. The van der Waals surface area contributed by atoms with Crippen LogP contribution in [0.3, 0.4) is 0 Å². The molecule has 0 saturated carbocycles. The molecule has 0 spiro atoms. The Morgan fingerprint density at radius 1 is 1.47 bits per heavy atom. The first-order chi connectivity index (χ1) is 9.19. The molecule has 0 amide bonds. The highest BCUT2D eigenvalue weighted by Gasteiger charge is 2.10. The second-order valence-corrected chi connectivity index (χ2v) is 5.35. The summed E-state index contributed by atoms with van der Waals surface area (Å²) in [5, 5.41) is 10.0. The van der Waals surface area contributed by atoms with E-state index in [0.29, 0.717) is 12.2 Å². The van der Waals surface area contributed by atoms with E-state index in [2.05, 4.69) is 4.98 Å². The maximum Gasteiger partial charge on any atom is 0.124 e. The predicted molar refractivity (Wildman–Crippen MR) is 74.7 cm³/mol. The van der Waals surface area contributed by atoms with Crippen molar-refractivity contribution in [2.45, 2.75) is 30.9 Å². The first-order valence-electron chi connectivity index (χ1n) is 6.25. The zero-order chi connectivity index (χ0) is 13.7. The lowest BCUT2D eigenvalue weighted by molar-refractivity contribution is 0.196. The van der Waals surface area contributed by atoms with Crippen LogP contribution in [0, 0.1) is 5.82 Å². The predicted octanol–water partition coefficient (Wildman–Crippen LogP) is 2.74. The molecule has 0 aliphatic rings. The van der Waals surface area contributed by atoms with Gasteiger partial charge in [-0.25, -0.2) is 9.37 Å². The van der Waals surface area contributed by atoms with E-state index >= 15 is 0 Å². The fraction of sp³-hybridized carbons (Fsp3) is 0.357. The number of aromatic nitrogens is 2. The number of halogens is 1. The summed E-state index contributed by atoms with van der Waals surface area (Å²) in [6.45, 7) is 2.89. The number of aryl methyl sites for hydroxylation is 1. The summed E-state index contributed by atoms with van der Waals surface area (Å²) in [7, 11) is 0. The summed E-state index contributed by atoms with van der Waals surface area (Å²) in [6, 6.07) is 6.41. The third-order valence-electron chi connectivity index (χ3n) is 2.80. The second kappa shape index (κ2) is 6.73. The van der Waals surface area contributed by atoms with Gasteiger partial charge in [-0.15, -0.1) is 11.8 Å². The summed E-state index contributed by atoms with van der Waals surface area (Å²) in [5.41, 5.74) is 0. The number of thioether (sulfide) groups is 1. The third-order valence-corrected chi connectivity index (χ3v) is 3.94. The van der Waals surface area contributed by atoms with Gasteiger partial charge in [0.2, 0.25) is 0 Å². The first kappa shape index (κ1) is 14.1. The molecule has 1 heterocycles. The second-order valence-electron chi connectivity index (χ2n) is 4.26. The normalized spacial score (nSPS) is 12.6. The van der Waals surface area contributed by atoms with Crippen LogP contribution >= 0.6 is 11.8 Å². The van der Waals surface area contributed by atoms with E-state index in [4.69, 9.17) is 0 Å². The largest absolute Gasteiger partial charge is 0.392 e. The van der Waals surface area contributed by atoms with Gasteiger partial charge in [0.25, 0.3) is 0 Å². The lowest BCUT2D eigenvalue weighted by Gasteiger charge is -2.11. The number of aliphatic hydroxyl groups excluding tert-OH is 1. The number of aliphatic hydroxyl groups is 1. The lowest BCUT2D eigenvalue weighted by Crippen LogP contribution is -2.16. The molecule has 19 heavy (non-hydrogen) atoms. The SMILES string of the molecule is CCn1ccnc1CC(O)CSc1cccc(F)c1. The molecule has 1 aromatic heterocycles. The monoisotopic (exact) mass is 280 g/mol. The van der Waals surface area contributed by atoms with Crippen molar-refractivity contribution in [3.63, 3.8) is 0 Å². The summed E-state index contributed by atoms with van der Waals surface area (Å²) in [5.74, 6) is 1.16. The lowest BCUT2D eigenvalue weighted by atomic mass is 10.3. The molecule has 0 fully saturated rings. The van der Waals surface area contributed by atoms with Crippen LogP contribution in [0.2, 0.25) is 0 Å². The molecule has 1 N–H and O–H groups in total. The van der Waals surface area contributed by atoms with Gasteiger partial charge in [0.15, 0.2) is 0 Å². The molecule has 5 heteroatoms. The highest BCUT2D eigenvalue weighted by Crippen LogP contribution is 2.20. The molecular weight excluding hydrogens is 263 g/mol. The molecule has 0 aliphatic carbocycles. The van der Waals surface area contributed by atoms with Crippen molar-refractivity contribution in [2.24, 2.45) is 0 Å². The highest BCUT2D eigenvalue weighted by atomic mass is 32.2. The van der Waals surface area contributed by atoms with Crippen molar-refractivity contribution in [3.05, 3.63) is 48.3 Å². The van der Waals surface area contributed by atoms with Gasteiger partial charge in [0, 0.05) is 36.0 Å². The van der Waals surface area contributed by atoms with Gasteiger partial charge in [-0.2, -0.15) is 0 Å². The average Bonchev–Trinajstić information content (AvgIpc) is 2.84. The molecule has 3 nitrogen and oxygen atoms in total. The van der Waals surface area contributed by atoms with Gasteiger partial charge >= 0.3 is 0 Å². The molecule has 0 bridgehead atoms. The molecule has 2 rings (SSSR count). The van der Waals surface area contributed by atoms with E-state index in [9.17, 15) is 9.50 Å². The fourth-order valence-electron chi connectivity index (χ4n) is 1.84. The van der Waals surface area contributed by atoms with E-state index < -0.39 is 6.10 Å². The van der Waals surface area contributed by atoms with Crippen LogP contribution in [0.5, 0.6) is 0 Å². The maximum atomic E-state index is 13.0. The van der Waals surface area contributed by atoms with Crippen LogP contribution in [0.4, 0.5) is 4.39 Å². The van der Waals surface area contributed by atoms with Crippen molar-refractivity contribution in [2.75, 3.05) is 5.75 Å². The minimum Gasteiger partial charge on any atom is -0.392 e. The molecule has 1 unspecified atom stereocenters. The van der Waals surface area contributed by atoms with Crippen LogP contribution < -0.4 is 0 Å². The van der Waals surface area contributed by atoms with Crippen LogP contribution in [0.1, 0.15) is 12.7 Å². The Labute approximate surface area is 116 Å². The van der Waals surface area contributed by atoms with Crippen LogP contribution in [-0.2, 0) is 13.0 Å². The van der Waals surface area contributed by atoms with Gasteiger partial charge in [0.05, 0.1) is 6.10 Å². The smallest absolute Gasteiger partial charge is 0.124 e. The van der Waals surface area contributed by atoms with Gasteiger partial charge < -0.3 is 9.67 Å². The summed E-state index contributed by atoms with van der Waals surface area (Å²) >= 11 is 1.45. The van der Waals surface area contributed by atoms with Crippen molar-refractivity contribution >= 4 is 11.8 Å². The fourth-order valence-corrected chi connectivity index (χ4v) is 2.71. The number of hydrogen-bond donors (Lipinski definition) is 1. The average molecular weight is 280 g/mol. The molecule has 2 aromatic rings. The number of hydrogen-bond acceptors (Lipinski definition) is 3. The van der Waals surface area contributed by atoms with Crippen LogP contribution in [0.25, 0.3) is 0 Å². The van der Waals surface area contributed by atoms with E-state index in [0.717, 1.165) is 17.3 Å². The Bertz CT molecular complexity index is 530. The first-order valence-corrected chi connectivity index (χ1v) is 7.24. The number of benzene rings is 1. The van der Waals surface area contributed by atoms with E-state index in [-0.39, 0.29) is 5.82 Å². The molecule has 0 aliphatic heterocycles. The Hall–Kier alpha value is -1.33. The molecule has 102 valence electrons. The number of rotatable bonds is 6. The Morgan fingerprint density at radius 3 is 3.05 bits per heavy atom. The maximum absolute atomic E-state index is 13.0. The van der Waals surface area contributed by atoms with Crippen molar-refractivity contribution in [3.8, 4) is 0 Å².